The van der Waals surface area contributed by atoms with Crippen molar-refractivity contribution in [1.29, 1.82) is 0 Å². The summed E-state index contributed by atoms with van der Waals surface area (Å²) in [6.45, 7) is 4.43. The Balaban J connectivity index is 1.67. The molecule has 2 aromatic rings. The maximum absolute atomic E-state index is 6.23. The van der Waals surface area contributed by atoms with Gasteiger partial charge in [0.25, 0.3) is 0 Å². The van der Waals surface area contributed by atoms with Crippen LogP contribution >= 0.6 is 11.3 Å². The second-order valence-corrected chi connectivity index (χ2v) is 7.18. The van der Waals surface area contributed by atoms with E-state index in [1.807, 2.05) is 11.3 Å². The lowest BCUT2D eigenvalue weighted by molar-refractivity contribution is 0.436. The Labute approximate surface area is 125 Å². The molecule has 1 heterocycles. The minimum absolute atomic E-state index is 0.180. The van der Waals surface area contributed by atoms with E-state index >= 15 is 0 Å². The highest BCUT2D eigenvalue weighted by Crippen LogP contribution is 2.37. The quantitative estimate of drug-likeness (QED) is 0.899. The fraction of sp³-hybridized carbons (Fsp3) is 0.412. The first-order valence-corrected chi connectivity index (χ1v) is 8.11. The highest BCUT2D eigenvalue weighted by atomic mass is 32.1. The van der Waals surface area contributed by atoms with Crippen LogP contribution in [0, 0.1) is 6.92 Å². The maximum atomic E-state index is 6.23. The number of rotatable bonds is 4. The van der Waals surface area contributed by atoms with E-state index in [2.05, 4.69) is 55.6 Å². The van der Waals surface area contributed by atoms with Crippen LogP contribution in [0.25, 0.3) is 0 Å². The van der Waals surface area contributed by atoms with Crippen LogP contribution in [-0.4, -0.2) is 6.04 Å². The highest BCUT2D eigenvalue weighted by molar-refractivity contribution is 7.11. The molecule has 3 heteroatoms. The summed E-state index contributed by atoms with van der Waals surface area (Å²) in [6.07, 6.45) is 2.10. The molecule has 3 rings (SSSR count). The Bertz CT molecular complexity index is 590. The minimum atomic E-state index is 0.180. The van der Waals surface area contributed by atoms with Crippen molar-refractivity contribution in [2.45, 2.75) is 44.8 Å². The molecule has 1 aliphatic rings. The van der Waals surface area contributed by atoms with Gasteiger partial charge in [0.05, 0.1) is 0 Å². The summed E-state index contributed by atoms with van der Waals surface area (Å²) in [7, 11) is 0. The van der Waals surface area contributed by atoms with Gasteiger partial charge in [0.15, 0.2) is 0 Å². The molecule has 1 aromatic carbocycles. The number of hydrogen-bond acceptors (Lipinski definition) is 3. The normalized spacial score (nSPS) is 22.8. The second kappa shape index (κ2) is 5.68. The summed E-state index contributed by atoms with van der Waals surface area (Å²) in [4.78, 5) is 2.85. The Morgan fingerprint density at radius 2 is 2.00 bits per heavy atom. The molecule has 0 bridgehead atoms. The molecule has 0 fully saturated rings. The van der Waals surface area contributed by atoms with Crippen molar-refractivity contribution < 1.29 is 0 Å². The van der Waals surface area contributed by atoms with Gasteiger partial charge in [0.2, 0.25) is 0 Å². The largest absolute Gasteiger partial charge is 0.324 e. The molecule has 2 nitrogen and oxygen atoms in total. The number of benzene rings is 1. The van der Waals surface area contributed by atoms with E-state index < -0.39 is 0 Å². The fourth-order valence-electron chi connectivity index (χ4n) is 3.13. The molecule has 3 atom stereocenters. The lowest BCUT2D eigenvalue weighted by Crippen LogP contribution is -2.31. The van der Waals surface area contributed by atoms with Crippen molar-refractivity contribution >= 4 is 11.3 Å². The number of thiophene rings is 1. The molecule has 0 radical (unpaired) electrons. The lowest BCUT2D eigenvalue weighted by Gasteiger charge is -2.20. The average molecular weight is 286 g/mol. The van der Waals surface area contributed by atoms with Crippen LogP contribution in [0.1, 0.15) is 46.3 Å². The van der Waals surface area contributed by atoms with Crippen molar-refractivity contribution in [3.8, 4) is 0 Å². The molecule has 1 aromatic heterocycles. The molecule has 0 spiro atoms. The van der Waals surface area contributed by atoms with Gasteiger partial charge >= 0.3 is 0 Å². The van der Waals surface area contributed by atoms with E-state index in [0.29, 0.717) is 12.1 Å². The molecule has 20 heavy (non-hydrogen) atoms. The average Bonchev–Trinajstić information content (AvgIpc) is 2.95. The Hall–Kier alpha value is -1.16. The smallest absolute Gasteiger partial charge is 0.0344 e. The summed E-state index contributed by atoms with van der Waals surface area (Å²) in [5, 5.41) is 3.75. The van der Waals surface area contributed by atoms with Gasteiger partial charge in [-0.3, -0.25) is 0 Å². The molecular formula is C17H22N2S. The third-order valence-electron chi connectivity index (χ3n) is 4.05. The first-order chi connectivity index (χ1) is 9.63. The van der Waals surface area contributed by atoms with Crippen LogP contribution in [0.5, 0.6) is 0 Å². The predicted molar refractivity (Wildman–Crippen MR) is 86.1 cm³/mol. The van der Waals surface area contributed by atoms with E-state index in [0.717, 1.165) is 12.8 Å². The zero-order chi connectivity index (χ0) is 14.1. The van der Waals surface area contributed by atoms with Crippen molar-refractivity contribution in [2.24, 2.45) is 5.73 Å². The molecule has 3 N–H and O–H groups in total. The lowest BCUT2D eigenvalue weighted by atomic mass is 10.1. The SMILES string of the molecule is Cc1ccc(CC(C)NC2CC(N)c3ccccc32)s1. The molecule has 3 unspecified atom stereocenters. The van der Waals surface area contributed by atoms with Crippen LogP contribution in [0.4, 0.5) is 0 Å². The van der Waals surface area contributed by atoms with Crippen molar-refractivity contribution in [3.05, 3.63) is 57.3 Å². The van der Waals surface area contributed by atoms with Gasteiger partial charge in [-0.05, 0) is 49.9 Å². The van der Waals surface area contributed by atoms with Gasteiger partial charge in [-0.2, -0.15) is 0 Å². The summed E-state index contributed by atoms with van der Waals surface area (Å²) in [5.74, 6) is 0. The second-order valence-electron chi connectivity index (χ2n) is 5.81. The summed E-state index contributed by atoms with van der Waals surface area (Å²) >= 11 is 1.90. The van der Waals surface area contributed by atoms with Gasteiger partial charge in [-0.1, -0.05) is 24.3 Å². The molecule has 0 amide bonds. The third-order valence-corrected chi connectivity index (χ3v) is 5.07. The monoisotopic (exact) mass is 286 g/mol. The van der Waals surface area contributed by atoms with Gasteiger partial charge in [-0.25, -0.2) is 0 Å². The van der Waals surface area contributed by atoms with Gasteiger partial charge in [0.1, 0.15) is 0 Å². The van der Waals surface area contributed by atoms with Crippen LogP contribution in [-0.2, 0) is 6.42 Å². The molecular weight excluding hydrogens is 264 g/mol. The van der Waals surface area contributed by atoms with Crippen LogP contribution < -0.4 is 11.1 Å². The van der Waals surface area contributed by atoms with E-state index in [4.69, 9.17) is 5.73 Å². The van der Waals surface area contributed by atoms with Crippen molar-refractivity contribution in [3.63, 3.8) is 0 Å². The number of fused-ring (bicyclic) bond motifs is 1. The van der Waals surface area contributed by atoms with Crippen molar-refractivity contribution in [1.82, 2.24) is 5.32 Å². The van der Waals surface area contributed by atoms with E-state index in [1.165, 1.54) is 20.9 Å². The van der Waals surface area contributed by atoms with E-state index in [-0.39, 0.29) is 6.04 Å². The highest BCUT2D eigenvalue weighted by Gasteiger charge is 2.28. The molecule has 0 saturated heterocycles. The molecule has 0 aliphatic heterocycles. The van der Waals surface area contributed by atoms with E-state index in [1.54, 1.807) is 0 Å². The number of nitrogens with one attached hydrogen (secondary N) is 1. The van der Waals surface area contributed by atoms with Gasteiger partial charge in [0, 0.05) is 27.9 Å². The Morgan fingerprint density at radius 3 is 2.70 bits per heavy atom. The van der Waals surface area contributed by atoms with Crippen LogP contribution in [0.3, 0.4) is 0 Å². The minimum Gasteiger partial charge on any atom is -0.324 e. The van der Waals surface area contributed by atoms with Crippen LogP contribution in [0.15, 0.2) is 36.4 Å². The van der Waals surface area contributed by atoms with E-state index in [9.17, 15) is 0 Å². The Morgan fingerprint density at radius 1 is 1.25 bits per heavy atom. The topological polar surface area (TPSA) is 38.0 Å². The zero-order valence-corrected chi connectivity index (χ0v) is 12.9. The number of hydrogen-bond donors (Lipinski definition) is 2. The summed E-state index contributed by atoms with van der Waals surface area (Å²) in [6, 6.07) is 14.1. The first-order valence-electron chi connectivity index (χ1n) is 7.29. The fourth-order valence-corrected chi connectivity index (χ4v) is 4.15. The molecule has 106 valence electrons. The summed E-state index contributed by atoms with van der Waals surface area (Å²) in [5.41, 5.74) is 8.92. The van der Waals surface area contributed by atoms with Gasteiger partial charge in [-0.15, -0.1) is 11.3 Å². The number of aryl methyl sites for hydroxylation is 1. The zero-order valence-electron chi connectivity index (χ0n) is 12.1. The summed E-state index contributed by atoms with van der Waals surface area (Å²) < 4.78 is 0. The van der Waals surface area contributed by atoms with Gasteiger partial charge < -0.3 is 11.1 Å². The Kier molecular flexibility index (Phi) is 3.92. The molecule has 1 aliphatic carbocycles. The third kappa shape index (κ3) is 2.80. The van der Waals surface area contributed by atoms with Crippen molar-refractivity contribution in [2.75, 3.05) is 0 Å². The van der Waals surface area contributed by atoms with Crippen LogP contribution in [0.2, 0.25) is 0 Å². The maximum Gasteiger partial charge on any atom is 0.0344 e. The number of nitrogens with two attached hydrogens (primary N) is 1. The first kappa shape index (κ1) is 13.8. The standard InChI is InChI=1S/C17H22N2S/c1-11(9-13-8-7-12(2)20-13)19-17-10-16(18)14-5-3-4-6-15(14)17/h3-8,11,16-17,19H,9-10,18H2,1-2H3. The molecule has 0 saturated carbocycles. The predicted octanol–water partition coefficient (Wildman–Crippen LogP) is 3.72.